The quantitative estimate of drug-likeness (QED) is 0.475. The second kappa shape index (κ2) is 9.78. The molecular weight excluding hydrogens is 288 g/mol. The molecule has 5 heteroatoms. The number of amides is 1. The largest absolute Gasteiger partial charge is 0.356 e. The van der Waals surface area contributed by atoms with Crippen molar-refractivity contribution in [2.24, 2.45) is 16.3 Å². The maximum absolute atomic E-state index is 11.7. The summed E-state index contributed by atoms with van der Waals surface area (Å²) < 4.78 is 0. The number of hydrogen-bond acceptors (Lipinski definition) is 2. The Morgan fingerprint density at radius 2 is 1.78 bits per heavy atom. The van der Waals surface area contributed by atoms with Crippen molar-refractivity contribution in [1.29, 1.82) is 0 Å². The zero-order valence-electron chi connectivity index (χ0n) is 15.7. The second-order valence-electron chi connectivity index (χ2n) is 7.63. The highest BCUT2D eigenvalue weighted by Gasteiger charge is 2.34. The van der Waals surface area contributed by atoms with E-state index in [2.05, 4.69) is 34.8 Å². The second-order valence-corrected chi connectivity index (χ2v) is 7.63. The van der Waals surface area contributed by atoms with E-state index in [1.54, 1.807) is 7.05 Å². The van der Waals surface area contributed by atoms with Gasteiger partial charge in [0.15, 0.2) is 5.96 Å². The number of guanidine groups is 1. The van der Waals surface area contributed by atoms with E-state index < -0.39 is 0 Å². The van der Waals surface area contributed by atoms with Gasteiger partial charge in [0.2, 0.25) is 5.91 Å². The minimum absolute atomic E-state index is 0.0787. The summed E-state index contributed by atoms with van der Waals surface area (Å²) >= 11 is 0. The van der Waals surface area contributed by atoms with Gasteiger partial charge in [0.05, 0.1) is 0 Å². The van der Waals surface area contributed by atoms with Gasteiger partial charge >= 0.3 is 0 Å². The van der Waals surface area contributed by atoms with Crippen molar-refractivity contribution in [2.75, 3.05) is 20.1 Å². The molecule has 0 atom stereocenters. The van der Waals surface area contributed by atoms with Gasteiger partial charge in [0.25, 0.3) is 0 Å². The van der Waals surface area contributed by atoms with E-state index in [0.717, 1.165) is 18.4 Å². The standard InChI is InChI=1S/C18H36N4O/c1-14(2)12-18(9-6-7-10-18)13-21-17(19-5)20-11-8-16(23)22-15(3)4/h14-15H,6-13H2,1-5H3,(H,22,23)(H2,19,20,21). The number of rotatable bonds is 8. The normalized spacial score (nSPS) is 17.6. The topological polar surface area (TPSA) is 65.5 Å². The Balaban J connectivity index is 2.37. The summed E-state index contributed by atoms with van der Waals surface area (Å²) in [6.07, 6.45) is 7.05. The SMILES string of the molecule is CN=C(NCCC(=O)NC(C)C)NCC1(CC(C)C)CCCC1. The molecular formula is C18H36N4O. The first kappa shape index (κ1) is 19.8. The van der Waals surface area contributed by atoms with E-state index in [1.807, 2.05) is 13.8 Å². The Kier molecular flexibility index (Phi) is 8.42. The Hall–Kier alpha value is -1.26. The van der Waals surface area contributed by atoms with E-state index in [9.17, 15) is 4.79 Å². The van der Waals surface area contributed by atoms with Crippen LogP contribution in [-0.2, 0) is 4.79 Å². The number of carbonyl (C=O) groups excluding carboxylic acids is 1. The molecule has 0 aliphatic heterocycles. The Bertz CT molecular complexity index is 384. The predicted molar refractivity (Wildman–Crippen MR) is 97.6 cm³/mol. The highest BCUT2D eigenvalue weighted by Crippen LogP contribution is 2.42. The fourth-order valence-electron chi connectivity index (χ4n) is 3.62. The van der Waals surface area contributed by atoms with Gasteiger partial charge in [0.1, 0.15) is 0 Å². The van der Waals surface area contributed by atoms with Crippen LogP contribution in [-0.4, -0.2) is 38.0 Å². The van der Waals surface area contributed by atoms with Crippen molar-refractivity contribution in [3.63, 3.8) is 0 Å². The molecule has 0 aromatic rings. The van der Waals surface area contributed by atoms with Crippen LogP contribution in [0.3, 0.4) is 0 Å². The van der Waals surface area contributed by atoms with Crippen LogP contribution in [0.1, 0.15) is 66.2 Å². The molecule has 134 valence electrons. The number of carbonyl (C=O) groups is 1. The number of nitrogens with one attached hydrogen (secondary N) is 3. The molecule has 1 aliphatic rings. The maximum atomic E-state index is 11.7. The first-order valence-electron chi connectivity index (χ1n) is 9.11. The fraction of sp³-hybridized carbons (Fsp3) is 0.889. The molecule has 0 aromatic carbocycles. The van der Waals surface area contributed by atoms with Crippen molar-refractivity contribution >= 4 is 11.9 Å². The monoisotopic (exact) mass is 324 g/mol. The number of nitrogens with zero attached hydrogens (tertiary/aromatic N) is 1. The fourth-order valence-corrected chi connectivity index (χ4v) is 3.62. The molecule has 1 saturated carbocycles. The number of aliphatic imine (C=N–C) groups is 1. The first-order valence-corrected chi connectivity index (χ1v) is 9.11. The van der Waals surface area contributed by atoms with Crippen molar-refractivity contribution in [3.05, 3.63) is 0 Å². The molecule has 0 saturated heterocycles. The molecule has 1 fully saturated rings. The molecule has 0 heterocycles. The summed E-state index contributed by atoms with van der Waals surface area (Å²) in [6.45, 7) is 10.1. The molecule has 1 aliphatic carbocycles. The molecule has 1 amide bonds. The minimum Gasteiger partial charge on any atom is -0.356 e. The Morgan fingerprint density at radius 3 is 2.30 bits per heavy atom. The third-order valence-corrected chi connectivity index (χ3v) is 4.45. The average molecular weight is 325 g/mol. The van der Waals surface area contributed by atoms with Crippen LogP contribution >= 0.6 is 0 Å². The van der Waals surface area contributed by atoms with Crippen molar-refractivity contribution < 1.29 is 4.79 Å². The molecule has 0 aromatic heterocycles. The van der Waals surface area contributed by atoms with Gasteiger partial charge in [-0.15, -0.1) is 0 Å². The molecule has 0 radical (unpaired) electrons. The first-order chi connectivity index (χ1) is 10.9. The zero-order valence-corrected chi connectivity index (χ0v) is 15.7. The highest BCUT2D eigenvalue weighted by atomic mass is 16.1. The molecule has 3 N–H and O–H groups in total. The van der Waals surface area contributed by atoms with Crippen molar-refractivity contribution in [1.82, 2.24) is 16.0 Å². The maximum Gasteiger partial charge on any atom is 0.221 e. The van der Waals surface area contributed by atoms with Gasteiger partial charge in [-0.3, -0.25) is 9.79 Å². The van der Waals surface area contributed by atoms with Crippen molar-refractivity contribution in [3.8, 4) is 0 Å². The number of hydrogen-bond donors (Lipinski definition) is 3. The summed E-state index contributed by atoms with van der Waals surface area (Å²) in [5.74, 6) is 1.61. The third-order valence-electron chi connectivity index (χ3n) is 4.45. The van der Waals surface area contributed by atoms with E-state index in [-0.39, 0.29) is 11.9 Å². The van der Waals surface area contributed by atoms with Gasteiger partial charge in [0, 0.05) is 32.6 Å². The van der Waals surface area contributed by atoms with Crippen LogP contribution in [0.2, 0.25) is 0 Å². The lowest BCUT2D eigenvalue weighted by Crippen LogP contribution is -2.44. The Morgan fingerprint density at radius 1 is 1.13 bits per heavy atom. The average Bonchev–Trinajstić information content (AvgIpc) is 2.89. The molecule has 0 spiro atoms. The van der Waals surface area contributed by atoms with Crippen LogP contribution < -0.4 is 16.0 Å². The van der Waals surface area contributed by atoms with Gasteiger partial charge in [-0.05, 0) is 44.4 Å². The van der Waals surface area contributed by atoms with Crippen LogP contribution in [0, 0.1) is 11.3 Å². The summed E-state index contributed by atoms with van der Waals surface area (Å²) in [7, 11) is 1.79. The predicted octanol–water partition coefficient (Wildman–Crippen LogP) is 2.67. The summed E-state index contributed by atoms with van der Waals surface area (Å²) in [6, 6.07) is 0.193. The molecule has 0 unspecified atom stereocenters. The highest BCUT2D eigenvalue weighted by molar-refractivity contribution is 5.81. The van der Waals surface area contributed by atoms with Crippen LogP contribution in [0.4, 0.5) is 0 Å². The van der Waals surface area contributed by atoms with E-state index in [0.29, 0.717) is 18.4 Å². The van der Waals surface area contributed by atoms with E-state index in [4.69, 9.17) is 0 Å². The molecule has 0 bridgehead atoms. The molecule has 1 rings (SSSR count). The van der Waals surface area contributed by atoms with Gasteiger partial charge in [-0.2, -0.15) is 0 Å². The van der Waals surface area contributed by atoms with E-state index >= 15 is 0 Å². The van der Waals surface area contributed by atoms with Crippen LogP contribution in [0.25, 0.3) is 0 Å². The lowest BCUT2D eigenvalue weighted by atomic mass is 9.78. The van der Waals surface area contributed by atoms with Gasteiger partial charge in [-0.25, -0.2) is 0 Å². The smallest absolute Gasteiger partial charge is 0.221 e. The zero-order chi connectivity index (χ0) is 17.3. The minimum atomic E-state index is 0.0787. The third kappa shape index (κ3) is 7.71. The lowest BCUT2D eigenvalue weighted by Gasteiger charge is -2.31. The van der Waals surface area contributed by atoms with Crippen LogP contribution in [0.15, 0.2) is 4.99 Å². The van der Waals surface area contributed by atoms with Gasteiger partial charge in [-0.1, -0.05) is 26.7 Å². The molecule has 23 heavy (non-hydrogen) atoms. The molecule has 5 nitrogen and oxygen atoms in total. The van der Waals surface area contributed by atoms with Crippen molar-refractivity contribution in [2.45, 2.75) is 72.3 Å². The summed E-state index contributed by atoms with van der Waals surface area (Å²) in [4.78, 5) is 15.9. The summed E-state index contributed by atoms with van der Waals surface area (Å²) in [5, 5.41) is 9.63. The van der Waals surface area contributed by atoms with Crippen LogP contribution in [0.5, 0.6) is 0 Å². The van der Waals surface area contributed by atoms with E-state index in [1.165, 1.54) is 32.1 Å². The lowest BCUT2D eigenvalue weighted by molar-refractivity contribution is -0.121. The summed E-state index contributed by atoms with van der Waals surface area (Å²) in [5.41, 5.74) is 0.417. The van der Waals surface area contributed by atoms with Gasteiger partial charge < -0.3 is 16.0 Å². The Labute approximate surface area is 142 Å².